The summed E-state index contributed by atoms with van der Waals surface area (Å²) in [6.45, 7) is 0. The zero-order chi connectivity index (χ0) is 17.3. The SMILES string of the molecule is CSc1ccc(Cc2cc(F)c3[nH]cc(C(=O)O)c(=O)c3c2)nn1. The van der Waals surface area contributed by atoms with Crippen molar-refractivity contribution in [1.82, 2.24) is 15.2 Å². The summed E-state index contributed by atoms with van der Waals surface area (Å²) in [6, 6.07) is 6.36. The lowest BCUT2D eigenvalue weighted by molar-refractivity contribution is 0.0695. The van der Waals surface area contributed by atoms with Crippen molar-refractivity contribution in [3.8, 4) is 0 Å². The third-order valence-corrected chi connectivity index (χ3v) is 4.16. The number of rotatable bonds is 4. The molecule has 0 radical (unpaired) electrons. The lowest BCUT2D eigenvalue weighted by Crippen LogP contribution is -2.16. The highest BCUT2D eigenvalue weighted by molar-refractivity contribution is 7.98. The maximum Gasteiger partial charge on any atom is 0.341 e. The number of H-pyrrole nitrogens is 1. The minimum absolute atomic E-state index is 0.00130. The molecule has 6 nitrogen and oxygen atoms in total. The Morgan fingerprint density at radius 3 is 2.75 bits per heavy atom. The van der Waals surface area contributed by atoms with E-state index in [0.29, 0.717) is 11.3 Å². The van der Waals surface area contributed by atoms with Crippen molar-refractivity contribution in [3.63, 3.8) is 0 Å². The second-order valence-corrected chi connectivity index (χ2v) is 5.91. The second-order valence-electron chi connectivity index (χ2n) is 5.08. The molecule has 8 heteroatoms. The average molecular weight is 345 g/mol. The number of fused-ring (bicyclic) bond motifs is 1. The van der Waals surface area contributed by atoms with Crippen LogP contribution in [-0.2, 0) is 6.42 Å². The smallest absolute Gasteiger partial charge is 0.341 e. The Morgan fingerprint density at radius 1 is 1.33 bits per heavy atom. The largest absolute Gasteiger partial charge is 0.477 e. The first-order chi connectivity index (χ1) is 11.5. The van der Waals surface area contributed by atoms with Crippen LogP contribution >= 0.6 is 11.8 Å². The number of nitrogens with zero attached hydrogens (tertiary/aromatic N) is 2. The fourth-order valence-corrected chi connectivity index (χ4v) is 2.69. The van der Waals surface area contributed by atoms with Crippen molar-refractivity contribution in [2.45, 2.75) is 11.4 Å². The molecule has 0 spiro atoms. The van der Waals surface area contributed by atoms with Gasteiger partial charge in [-0.25, -0.2) is 9.18 Å². The highest BCUT2D eigenvalue weighted by Gasteiger charge is 2.15. The van der Waals surface area contributed by atoms with E-state index < -0.39 is 22.8 Å². The van der Waals surface area contributed by atoms with Gasteiger partial charge in [-0.05, 0) is 36.1 Å². The van der Waals surface area contributed by atoms with Crippen molar-refractivity contribution in [2.24, 2.45) is 0 Å². The van der Waals surface area contributed by atoms with Crippen molar-refractivity contribution in [2.75, 3.05) is 6.26 Å². The number of aromatic carboxylic acids is 1. The van der Waals surface area contributed by atoms with Gasteiger partial charge in [0.25, 0.3) is 0 Å². The molecule has 0 aliphatic rings. The lowest BCUT2D eigenvalue weighted by atomic mass is 10.0. The fourth-order valence-electron chi connectivity index (χ4n) is 2.36. The van der Waals surface area contributed by atoms with E-state index in [1.807, 2.05) is 6.26 Å². The molecular weight excluding hydrogens is 333 g/mol. The van der Waals surface area contributed by atoms with Crippen LogP contribution in [0.25, 0.3) is 10.9 Å². The van der Waals surface area contributed by atoms with Crippen molar-refractivity contribution < 1.29 is 14.3 Å². The number of thioether (sulfide) groups is 1. The summed E-state index contributed by atoms with van der Waals surface area (Å²) in [5.74, 6) is -1.98. The number of nitrogens with one attached hydrogen (secondary N) is 1. The second kappa shape index (κ2) is 6.40. The number of halogens is 1. The topological polar surface area (TPSA) is 95.9 Å². The first-order valence-electron chi connectivity index (χ1n) is 6.93. The van der Waals surface area contributed by atoms with Gasteiger partial charge in [-0.1, -0.05) is 0 Å². The van der Waals surface area contributed by atoms with Crippen LogP contribution in [0.5, 0.6) is 0 Å². The van der Waals surface area contributed by atoms with Crippen LogP contribution in [-0.4, -0.2) is 32.5 Å². The van der Waals surface area contributed by atoms with E-state index in [2.05, 4.69) is 15.2 Å². The molecule has 0 atom stereocenters. The molecule has 0 fully saturated rings. The average Bonchev–Trinajstić information content (AvgIpc) is 2.56. The van der Waals surface area contributed by atoms with Gasteiger partial charge in [-0.3, -0.25) is 4.79 Å². The summed E-state index contributed by atoms with van der Waals surface area (Å²) < 4.78 is 14.2. The molecule has 3 rings (SSSR count). The molecule has 122 valence electrons. The molecule has 0 unspecified atom stereocenters. The van der Waals surface area contributed by atoms with E-state index in [-0.39, 0.29) is 17.3 Å². The fraction of sp³-hybridized carbons (Fsp3) is 0.125. The van der Waals surface area contributed by atoms with Crippen LogP contribution < -0.4 is 5.43 Å². The maximum absolute atomic E-state index is 14.2. The molecule has 0 amide bonds. The Morgan fingerprint density at radius 2 is 2.12 bits per heavy atom. The zero-order valence-electron chi connectivity index (χ0n) is 12.5. The van der Waals surface area contributed by atoms with Gasteiger partial charge in [-0.2, -0.15) is 5.10 Å². The number of carboxylic acids is 1. The summed E-state index contributed by atoms with van der Waals surface area (Å²) in [5, 5.41) is 17.8. The highest BCUT2D eigenvalue weighted by atomic mass is 32.2. The molecule has 0 saturated carbocycles. The van der Waals surface area contributed by atoms with Gasteiger partial charge in [0.2, 0.25) is 5.43 Å². The quantitative estimate of drug-likeness (QED) is 0.705. The first-order valence-corrected chi connectivity index (χ1v) is 8.16. The predicted molar refractivity (Wildman–Crippen MR) is 88.1 cm³/mol. The Hall–Kier alpha value is -2.74. The third-order valence-electron chi connectivity index (χ3n) is 3.52. The van der Waals surface area contributed by atoms with E-state index in [0.717, 1.165) is 11.2 Å². The van der Waals surface area contributed by atoms with Crippen LogP contribution in [0.15, 0.2) is 40.3 Å². The lowest BCUT2D eigenvalue weighted by Gasteiger charge is -2.06. The molecule has 24 heavy (non-hydrogen) atoms. The standard InChI is InChI=1S/C16H12FN3O3S/c1-24-13-3-2-9(19-20-13)4-8-5-10-14(12(17)6-8)18-7-11(15(10)21)16(22)23/h2-3,5-7H,4H2,1H3,(H,18,21)(H,22,23). The Bertz CT molecular complexity index is 986. The van der Waals surface area contributed by atoms with E-state index >= 15 is 0 Å². The molecule has 2 N–H and O–H groups in total. The number of pyridine rings is 1. The summed E-state index contributed by atoms with van der Waals surface area (Å²) in [7, 11) is 0. The summed E-state index contributed by atoms with van der Waals surface area (Å²) >= 11 is 1.46. The Labute approximate surface area is 139 Å². The van der Waals surface area contributed by atoms with E-state index in [1.54, 1.807) is 12.1 Å². The van der Waals surface area contributed by atoms with E-state index in [4.69, 9.17) is 5.11 Å². The normalized spacial score (nSPS) is 10.9. The number of carbonyl (C=O) groups is 1. The highest BCUT2D eigenvalue weighted by Crippen LogP contribution is 2.18. The van der Waals surface area contributed by atoms with Gasteiger partial charge < -0.3 is 10.1 Å². The van der Waals surface area contributed by atoms with Crippen LogP contribution in [0, 0.1) is 5.82 Å². The van der Waals surface area contributed by atoms with Crippen LogP contribution in [0.2, 0.25) is 0 Å². The van der Waals surface area contributed by atoms with E-state index in [1.165, 1.54) is 23.9 Å². The van der Waals surface area contributed by atoms with Gasteiger partial charge in [0.15, 0.2) is 0 Å². The molecule has 0 bridgehead atoms. The van der Waals surface area contributed by atoms with E-state index in [9.17, 15) is 14.0 Å². The van der Waals surface area contributed by atoms with Gasteiger partial charge in [0, 0.05) is 18.0 Å². The van der Waals surface area contributed by atoms with Gasteiger partial charge in [0.1, 0.15) is 16.4 Å². The number of carboxylic acid groups (broad SMARTS) is 1. The Balaban J connectivity index is 2.06. The minimum atomic E-state index is -1.36. The van der Waals surface area contributed by atoms with Crippen molar-refractivity contribution >= 4 is 28.6 Å². The number of hydrogen-bond acceptors (Lipinski definition) is 5. The molecule has 3 aromatic rings. The van der Waals surface area contributed by atoms with Gasteiger partial charge >= 0.3 is 5.97 Å². The Kier molecular flexibility index (Phi) is 4.30. The van der Waals surface area contributed by atoms with Gasteiger partial charge in [-0.15, -0.1) is 16.9 Å². The molecule has 2 aromatic heterocycles. The molecule has 1 aromatic carbocycles. The number of hydrogen-bond donors (Lipinski definition) is 2. The third kappa shape index (κ3) is 3.00. The molecule has 2 heterocycles. The summed E-state index contributed by atoms with van der Waals surface area (Å²) in [6.07, 6.45) is 3.17. The maximum atomic E-state index is 14.2. The van der Waals surface area contributed by atoms with Crippen LogP contribution in [0.4, 0.5) is 4.39 Å². The van der Waals surface area contributed by atoms with Crippen molar-refractivity contribution in [1.29, 1.82) is 0 Å². The first kappa shape index (κ1) is 16.1. The minimum Gasteiger partial charge on any atom is -0.477 e. The summed E-state index contributed by atoms with van der Waals surface area (Å²) in [4.78, 5) is 25.8. The van der Waals surface area contributed by atoms with Crippen LogP contribution in [0.1, 0.15) is 21.6 Å². The molecule has 0 aliphatic carbocycles. The van der Waals surface area contributed by atoms with Crippen molar-refractivity contribution in [3.05, 3.63) is 63.3 Å². The summed E-state index contributed by atoms with van der Waals surface area (Å²) in [5.41, 5.74) is -0.0295. The molecular formula is C16H12FN3O3S. The predicted octanol–water partition coefficient (Wildman–Crippen LogP) is 2.47. The number of aromatic nitrogens is 3. The van der Waals surface area contributed by atoms with Crippen LogP contribution in [0.3, 0.4) is 0 Å². The zero-order valence-corrected chi connectivity index (χ0v) is 13.4. The number of aromatic amines is 1. The number of benzene rings is 1. The van der Waals surface area contributed by atoms with Gasteiger partial charge in [0.05, 0.1) is 11.2 Å². The molecule has 0 saturated heterocycles. The molecule has 0 aliphatic heterocycles. The monoisotopic (exact) mass is 345 g/mol.